The lowest BCUT2D eigenvalue weighted by Crippen LogP contribution is -2.28. The van der Waals surface area contributed by atoms with E-state index in [9.17, 15) is 4.79 Å². The van der Waals surface area contributed by atoms with E-state index in [1.54, 1.807) is 12.1 Å². The molecule has 2 aromatic rings. The first-order chi connectivity index (χ1) is 9.04. The number of carbonyl (C=O) groups excluding carboxylic acids is 1. The summed E-state index contributed by atoms with van der Waals surface area (Å²) in [5.74, 6) is -0.0800. The third-order valence-corrected chi connectivity index (χ3v) is 3.67. The lowest BCUT2D eigenvalue weighted by Gasteiger charge is -2.10. The molecule has 0 radical (unpaired) electrons. The standard InChI is InChI=1S/C12H13ClN4OS/c1-7(11-16-17-12(14)19-11)15-10(18)6-8-2-4-9(13)5-3-8/h2-5,7H,6H2,1H3,(H2,14,17)(H,15,18)/t7-/m0/s1. The van der Waals surface area contributed by atoms with Gasteiger partial charge in [-0.2, -0.15) is 0 Å². The minimum absolute atomic E-state index is 0.0800. The normalized spacial score (nSPS) is 12.1. The van der Waals surface area contributed by atoms with Gasteiger partial charge in [-0.05, 0) is 24.6 Å². The van der Waals surface area contributed by atoms with Gasteiger partial charge < -0.3 is 11.1 Å². The van der Waals surface area contributed by atoms with Gasteiger partial charge in [-0.25, -0.2) is 0 Å². The fourth-order valence-electron chi connectivity index (χ4n) is 1.56. The Morgan fingerprint density at radius 2 is 2.11 bits per heavy atom. The summed E-state index contributed by atoms with van der Waals surface area (Å²) < 4.78 is 0. The predicted molar refractivity (Wildman–Crippen MR) is 76.0 cm³/mol. The summed E-state index contributed by atoms with van der Waals surface area (Å²) in [6.45, 7) is 1.85. The van der Waals surface area contributed by atoms with E-state index in [2.05, 4.69) is 15.5 Å². The van der Waals surface area contributed by atoms with Crippen LogP contribution in [0.25, 0.3) is 0 Å². The summed E-state index contributed by atoms with van der Waals surface area (Å²) in [5, 5.41) is 12.2. The van der Waals surface area contributed by atoms with Crippen molar-refractivity contribution in [3.05, 3.63) is 39.9 Å². The second kappa shape index (κ2) is 5.99. The van der Waals surface area contributed by atoms with Crippen LogP contribution in [0.4, 0.5) is 5.13 Å². The molecular weight excluding hydrogens is 284 g/mol. The zero-order valence-corrected chi connectivity index (χ0v) is 11.8. The molecule has 1 aromatic heterocycles. The van der Waals surface area contributed by atoms with E-state index in [1.807, 2.05) is 19.1 Å². The smallest absolute Gasteiger partial charge is 0.224 e. The van der Waals surface area contributed by atoms with Gasteiger partial charge in [0.1, 0.15) is 5.01 Å². The molecule has 100 valence electrons. The Bertz CT molecular complexity index is 569. The highest BCUT2D eigenvalue weighted by Crippen LogP contribution is 2.19. The molecule has 2 rings (SSSR count). The van der Waals surface area contributed by atoms with E-state index in [0.717, 1.165) is 5.56 Å². The number of amides is 1. The molecule has 1 amide bonds. The lowest BCUT2D eigenvalue weighted by atomic mass is 10.1. The highest BCUT2D eigenvalue weighted by atomic mass is 35.5. The summed E-state index contributed by atoms with van der Waals surface area (Å²) in [5.41, 5.74) is 6.41. The van der Waals surface area contributed by atoms with Crippen molar-refractivity contribution in [1.82, 2.24) is 15.5 Å². The Balaban J connectivity index is 1.92. The summed E-state index contributed by atoms with van der Waals surface area (Å²) >= 11 is 7.06. The van der Waals surface area contributed by atoms with Crippen LogP contribution in [-0.2, 0) is 11.2 Å². The van der Waals surface area contributed by atoms with E-state index in [0.29, 0.717) is 21.6 Å². The average Bonchev–Trinajstić information content (AvgIpc) is 2.79. The predicted octanol–water partition coefficient (Wildman–Crippen LogP) is 2.19. The Morgan fingerprint density at radius 1 is 1.42 bits per heavy atom. The van der Waals surface area contributed by atoms with Crippen LogP contribution in [0, 0.1) is 0 Å². The number of halogens is 1. The van der Waals surface area contributed by atoms with E-state index in [1.165, 1.54) is 11.3 Å². The highest BCUT2D eigenvalue weighted by molar-refractivity contribution is 7.15. The molecule has 0 spiro atoms. The Hall–Kier alpha value is -1.66. The first kappa shape index (κ1) is 13.8. The number of nitrogens with one attached hydrogen (secondary N) is 1. The molecule has 1 heterocycles. The average molecular weight is 297 g/mol. The Morgan fingerprint density at radius 3 is 2.68 bits per heavy atom. The topological polar surface area (TPSA) is 80.9 Å². The van der Waals surface area contributed by atoms with Crippen LogP contribution in [0.3, 0.4) is 0 Å². The minimum atomic E-state index is -0.199. The number of hydrogen-bond donors (Lipinski definition) is 2. The van der Waals surface area contributed by atoms with Crippen LogP contribution < -0.4 is 11.1 Å². The molecule has 1 atom stereocenters. The van der Waals surface area contributed by atoms with Crippen molar-refractivity contribution >= 4 is 34.0 Å². The Kier molecular flexibility index (Phi) is 4.34. The number of rotatable bonds is 4. The number of nitrogen functional groups attached to an aromatic ring is 1. The maximum Gasteiger partial charge on any atom is 0.224 e. The van der Waals surface area contributed by atoms with Gasteiger partial charge in [0.15, 0.2) is 0 Å². The van der Waals surface area contributed by atoms with E-state index >= 15 is 0 Å². The quantitative estimate of drug-likeness (QED) is 0.906. The number of nitrogens with two attached hydrogens (primary N) is 1. The molecule has 0 aliphatic heterocycles. The van der Waals surface area contributed by atoms with Gasteiger partial charge in [-0.15, -0.1) is 10.2 Å². The number of nitrogens with zero attached hydrogens (tertiary/aromatic N) is 2. The maximum absolute atomic E-state index is 11.9. The summed E-state index contributed by atoms with van der Waals surface area (Å²) in [4.78, 5) is 11.9. The molecule has 0 aliphatic carbocycles. The maximum atomic E-state index is 11.9. The van der Waals surface area contributed by atoms with Crippen molar-refractivity contribution in [3.63, 3.8) is 0 Å². The van der Waals surface area contributed by atoms with Crippen molar-refractivity contribution in [2.45, 2.75) is 19.4 Å². The molecule has 0 saturated heterocycles. The van der Waals surface area contributed by atoms with Crippen LogP contribution in [0.1, 0.15) is 23.5 Å². The molecule has 3 N–H and O–H groups in total. The molecule has 7 heteroatoms. The van der Waals surface area contributed by atoms with E-state index in [-0.39, 0.29) is 11.9 Å². The van der Waals surface area contributed by atoms with Gasteiger partial charge in [-0.1, -0.05) is 35.1 Å². The molecule has 0 unspecified atom stereocenters. The molecular formula is C12H13ClN4OS. The SMILES string of the molecule is C[C@H](NC(=O)Cc1ccc(Cl)cc1)c1nnc(N)s1. The fourth-order valence-corrected chi connectivity index (χ4v) is 2.30. The van der Waals surface area contributed by atoms with Gasteiger partial charge in [-0.3, -0.25) is 4.79 Å². The third kappa shape index (κ3) is 3.90. The van der Waals surface area contributed by atoms with Crippen molar-refractivity contribution in [1.29, 1.82) is 0 Å². The van der Waals surface area contributed by atoms with E-state index in [4.69, 9.17) is 17.3 Å². The number of anilines is 1. The first-order valence-corrected chi connectivity index (χ1v) is 6.86. The van der Waals surface area contributed by atoms with Crippen LogP contribution >= 0.6 is 22.9 Å². The van der Waals surface area contributed by atoms with Gasteiger partial charge in [0.2, 0.25) is 11.0 Å². The molecule has 19 heavy (non-hydrogen) atoms. The molecule has 0 aliphatic rings. The van der Waals surface area contributed by atoms with E-state index < -0.39 is 0 Å². The number of carbonyl (C=O) groups is 1. The van der Waals surface area contributed by atoms with Crippen molar-refractivity contribution in [2.75, 3.05) is 5.73 Å². The first-order valence-electron chi connectivity index (χ1n) is 5.67. The number of hydrogen-bond acceptors (Lipinski definition) is 5. The van der Waals surface area contributed by atoms with Gasteiger partial charge >= 0.3 is 0 Å². The number of aromatic nitrogens is 2. The number of benzene rings is 1. The molecule has 0 saturated carbocycles. The Labute approximate surface area is 119 Å². The molecule has 5 nitrogen and oxygen atoms in total. The largest absolute Gasteiger partial charge is 0.374 e. The lowest BCUT2D eigenvalue weighted by molar-refractivity contribution is -0.121. The molecule has 1 aromatic carbocycles. The summed E-state index contributed by atoms with van der Waals surface area (Å²) in [6.07, 6.45) is 0.301. The van der Waals surface area contributed by atoms with Gasteiger partial charge in [0.25, 0.3) is 0 Å². The van der Waals surface area contributed by atoms with Crippen LogP contribution in [0.5, 0.6) is 0 Å². The fraction of sp³-hybridized carbons (Fsp3) is 0.250. The third-order valence-electron chi connectivity index (χ3n) is 2.48. The second-order valence-corrected chi connectivity index (χ2v) is 5.55. The molecule has 0 bridgehead atoms. The summed E-state index contributed by atoms with van der Waals surface area (Å²) in [7, 11) is 0. The van der Waals surface area contributed by atoms with Crippen LogP contribution in [0.2, 0.25) is 5.02 Å². The zero-order valence-electron chi connectivity index (χ0n) is 10.3. The monoisotopic (exact) mass is 296 g/mol. The van der Waals surface area contributed by atoms with Crippen molar-refractivity contribution in [2.24, 2.45) is 0 Å². The van der Waals surface area contributed by atoms with Crippen molar-refractivity contribution < 1.29 is 4.79 Å². The molecule has 0 fully saturated rings. The minimum Gasteiger partial charge on any atom is -0.374 e. The highest BCUT2D eigenvalue weighted by Gasteiger charge is 2.14. The zero-order chi connectivity index (χ0) is 13.8. The van der Waals surface area contributed by atoms with Gasteiger partial charge in [0.05, 0.1) is 12.5 Å². The second-order valence-electron chi connectivity index (χ2n) is 4.07. The van der Waals surface area contributed by atoms with Crippen molar-refractivity contribution in [3.8, 4) is 0 Å². The van der Waals surface area contributed by atoms with Crippen LogP contribution in [-0.4, -0.2) is 16.1 Å². The summed E-state index contributed by atoms with van der Waals surface area (Å²) in [6, 6.07) is 6.98. The van der Waals surface area contributed by atoms with Crippen LogP contribution in [0.15, 0.2) is 24.3 Å². The van der Waals surface area contributed by atoms with Gasteiger partial charge in [0, 0.05) is 5.02 Å².